The van der Waals surface area contributed by atoms with Gasteiger partial charge in [0.25, 0.3) is 5.91 Å². The topological polar surface area (TPSA) is 35.9 Å². The maximum absolute atomic E-state index is 13.6. The van der Waals surface area contributed by atoms with Crippen LogP contribution < -0.4 is 9.80 Å². The fraction of sp³-hybridized carbons (Fsp3) is 0.0714. The van der Waals surface area contributed by atoms with Gasteiger partial charge in [-0.1, -0.05) is 72.3 Å². The minimum absolute atomic E-state index is 0.0939. The number of rotatable bonds is 5. The Kier molecular flexibility index (Phi) is 5.26. The highest BCUT2D eigenvalue weighted by atomic mass is 16.2. The zero-order valence-electron chi connectivity index (χ0n) is 17.8. The van der Waals surface area contributed by atoms with Crippen LogP contribution in [0.15, 0.2) is 114 Å². The van der Waals surface area contributed by atoms with Gasteiger partial charge in [-0.15, -0.1) is 0 Å². The van der Waals surface area contributed by atoms with E-state index in [4.69, 9.17) is 4.99 Å². The van der Waals surface area contributed by atoms with Gasteiger partial charge in [0.15, 0.2) is 0 Å². The lowest BCUT2D eigenvalue weighted by Crippen LogP contribution is -2.39. The van der Waals surface area contributed by atoms with Crippen molar-refractivity contribution in [3.05, 3.63) is 120 Å². The summed E-state index contributed by atoms with van der Waals surface area (Å²) in [5, 5.41) is 0. The predicted molar refractivity (Wildman–Crippen MR) is 131 cm³/mol. The van der Waals surface area contributed by atoms with E-state index >= 15 is 0 Å². The van der Waals surface area contributed by atoms with Crippen molar-refractivity contribution in [3.8, 4) is 0 Å². The number of carbonyl (C=O) groups is 1. The number of fused-ring (bicyclic) bond motifs is 1. The summed E-state index contributed by atoms with van der Waals surface area (Å²) >= 11 is 0. The molecule has 0 radical (unpaired) electrons. The summed E-state index contributed by atoms with van der Waals surface area (Å²) in [5.74, 6) is -0.0939. The van der Waals surface area contributed by atoms with Gasteiger partial charge in [-0.2, -0.15) is 0 Å². The number of anilines is 3. The molecule has 0 spiro atoms. The largest absolute Gasteiger partial charge is 0.323 e. The van der Waals surface area contributed by atoms with E-state index in [0.29, 0.717) is 12.4 Å². The lowest BCUT2D eigenvalue weighted by molar-refractivity contribution is -0.112. The van der Waals surface area contributed by atoms with Crippen molar-refractivity contribution >= 4 is 34.4 Å². The molecule has 0 unspecified atom stereocenters. The van der Waals surface area contributed by atoms with Gasteiger partial charge in [-0.25, -0.2) is 4.99 Å². The van der Waals surface area contributed by atoms with Gasteiger partial charge in [0.05, 0.1) is 11.4 Å². The first-order chi connectivity index (χ1) is 15.7. The van der Waals surface area contributed by atoms with Gasteiger partial charge in [0.2, 0.25) is 0 Å². The molecule has 0 N–H and O–H groups in total. The quantitative estimate of drug-likeness (QED) is 0.384. The molecule has 1 aliphatic heterocycles. The first kappa shape index (κ1) is 19.8. The van der Waals surface area contributed by atoms with E-state index in [9.17, 15) is 4.79 Å². The first-order valence-corrected chi connectivity index (χ1v) is 10.6. The monoisotopic (exact) mass is 417 g/mol. The van der Waals surface area contributed by atoms with E-state index < -0.39 is 0 Å². The lowest BCUT2D eigenvalue weighted by atomic mass is 10.1. The maximum Gasteiger partial charge on any atom is 0.279 e. The maximum atomic E-state index is 13.6. The number of aliphatic imine (C=N–C) groups is 1. The molecule has 4 heteroatoms. The molecule has 156 valence electrons. The first-order valence-electron chi connectivity index (χ1n) is 10.6. The number of aryl methyl sites for hydroxylation is 1. The third-order valence-corrected chi connectivity index (χ3v) is 5.59. The average molecular weight is 418 g/mol. The molecule has 0 atom stereocenters. The van der Waals surface area contributed by atoms with Crippen LogP contribution in [0.3, 0.4) is 0 Å². The molecule has 32 heavy (non-hydrogen) atoms. The number of hydrogen-bond acceptors (Lipinski definition) is 3. The molecule has 0 saturated carbocycles. The second-order valence-electron chi connectivity index (χ2n) is 7.79. The second kappa shape index (κ2) is 8.52. The Hall–Kier alpha value is -4.18. The normalized spacial score (nSPS) is 14.0. The molecule has 5 rings (SSSR count). The predicted octanol–water partition coefficient (Wildman–Crippen LogP) is 6.26. The Balaban J connectivity index is 1.55. The Morgan fingerprint density at radius 3 is 1.91 bits per heavy atom. The standard InChI is InChI=1S/C28H23N3O/c1-21-16-18-22(19-17-21)29-27-25-14-8-9-15-26(25)31(28(27)32)20-30(23-10-4-2-5-11-23)24-12-6-3-7-13-24/h2-19H,20H2,1H3. The third kappa shape index (κ3) is 3.79. The summed E-state index contributed by atoms with van der Waals surface area (Å²) in [5.41, 5.74) is 6.19. The Labute approximate surface area is 188 Å². The van der Waals surface area contributed by atoms with E-state index in [1.165, 1.54) is 0 Å². The Bertz CT molecular complexity index is 1230. The highest BCUT2D eigenvalue weighted by Gasteiger charge is 2.35. The van der Waals surface area contributed by atoms with Crippen LogP contribution in [0.2, 0.25) is 0 Å². The number of benzene rings is 4. The molecule has 0 aliphatic carbocycles. The smallest absolute Gasteiger partial charge is 0.279 e. The van der Waals surface area contributed by atoms with E-state index in [1.807, 2.05) is 96.8 Å². The molecule has 1 heterocycles. The van der Waals surface area contributed by atoms with Gasteiger partial charge in [0, 0.05) is 16.9 Å². The van der Waals surface area contributed by atoms with Crippen LogP contribution in [-0.4, -0.2) is 18.3 Å². The summed E-state index contributed by atoms with van der Waals surface area (Å²) in [4.78, 5) is 22.3. The van der Waals surface area contributed by atoms with Crippen molar-refractivity contribution < 1.29 is 4.79 Å². The van der Waals surface area contributed by atoms with Crippen LogP contribution in [0.1, 0.15) is 11.1 Å². The number of hydrogen-bond donors (Lipinski definition) is 0. The summed E-state index contributed by atoms with van der Waals surface area (Å²) in [6, 6.07) is 36.0. The lowest BCUT2D eigenvalue weighted by Gasteiger charge is -2.30. The van der Waals surface area contributed by atoms with Crippen molar-refractivity contribution in [2.24, 2.45) is 4.99 Å². The van der Waals surface area contributed by atoms with Crippen molar-refractivity contribution in [2.45, 2.75) is 6.92 Å². The Morgan fingerprint density at radius 2 is 1.28 bits per heavy atom. The fourth-order valence-electron chi connectivity index (χ4n) is 3.93. The molecular weight excluding hydrogens is 394 g/mol. The minimum Gasteiger partial charge on any atom is -0.323 e. The van der Waals surface area contributed by atoms with Gasteiger partial charge < -0.3 is 4.90 Å². The van der Waals surface area contributed by atoms with Crippen LogP contribution in [0.25, 0.3) is 0 Å². The van der Waals surface area contributed by atoms with Crippen molar-refractivity contribution in [2.75, 3.05) is 16.5 Å². The van der Waals surface area contributed by atoms with Gasteiger partial charge in [-0.3, -0.25) is 9.69 Å². The molecule has 1 aliphatic rings. The highest BCUT2D eigenvalue weighted by molar-refractivity contribution is 6.54. The summed E-state index contributed by atoms with van der Waals surface area (Å²) in [6.07, 6.45) is 0. The molecule has 4 aromatic rings. The SMILES string of the molecule is Cc1ccc(N=C2C(=O)N(CN(c3ccccc3)c3ccccc3)c3ccccc32)cc1. The number of para-hydroxylation sites is 3. The van der Waals surface area contributed by atoms with Gasteiger partial charge >= 0.3 is 0 Å². The van der Waals surface area contributed by atoms with Crippen LogP contribution in [0.5, 0.6) is 0 Å². The summed E-state index contributed by atoms with van der Waals surface area (Å²) < 4.78 is 0. The van der Waals surface area contributed by atoms with Gasteiger partial charge in [-0.05, 0) is 49.4 Å². The van der Waals surface area contributed by atoms with E-state index in [-0.39, 0.29) is 5.91 Å². The fourth-order valence-corrected chi connectivity index (χ4v) is 3.93. The average Bonchev–Trinajstić information content (AvgIpc) is 3.10. The van der Waals surface area contributed by atoms with Crippen LogP contribution >= 0.6 is 0 Å². The number of nitrogens with zero attached hydrogens (tertiary/aromatic N) is 3. The molecular formula is C28H23N3O. The van der Waals surface area contributed by atoms with Crippen LogP contribution in [-0.2, 0) is 4.79 Å². The highest BCUT2D eigenvalue weighted by Crippen LogP contribution is 2.33. The molecule has 0 saturated heterocycles. The van der Waals surface area contributed by atoms with E-state index in [0.717, 1.165) is 33.9 Å². The van der Waals surface area contributed by atoms with E-state index in [1.54, 1.807) is 0 Å². The zero-order chi connectivity index (χ0) is 21.9. The summed E-state index contributed by atoms with van der Waals surface area (Å²) in [6.45, 7) is 2.42. The zero-order valence-corrected chi connectivity index (χ0v) is 17.8. The molecule has 1 amide bonds. The molecule has 4 aromatic carbocycles. The minimum atomic E-state index is -0.0939. The molecule has 4 nitrogen and oxygen atoms in total. The van der Waals surface area contributed by atoms with Crippen molar-refractivity contribution in [1.82, 2.24) is 0 Å². The van der Waals surface area contributed by atoms with Gasteiger partial charge in [0.1, 0.15) is 12.4 Å². The number of carbonyl (C=O) groups excluding carboxylic acids is 1. The second-order valence-corrected chi connectivity index (χ2v) is 7.79. The van der Waals surface area contributed by atoms with Crippen molar-refractivity contribution in [1.29, 1.82) is 0 Å². The number of amides is 1. The molecule has 0 bridgehead atoms. The third-order valence-electron chi connectivity index (χ3n) is 5.59. The molecule has 0 fully saturated rings. The summed E-state index contributed by atoms with van der Waals surface area (Å²) in [7, 11) is 0. The Morgan fingerprint density at radius 1 is 0.719 bits per heavy atom. The van der Waals surface area contributed by atoms with E-state index in [2.05, 4.69) is 29.2 Å². The molecule has 0 aromatic heterocycles. The van der Waals surface area contributed by atoms with Crippen molar-refractivity contribution in [3.63, 3.8) is 0 Å². The van der Waals surface area contributed by atoms with Crippen LogP contribution in [0.4, 0.5) is 22.7 Å². The van der Waals surface area contributed by atoms with Crippen LogP contribution in [0, 0.1) is 6.92 Å².